The number of halogens is 1. The molecule has 0 unspecified atom stereocenters. The fourth-order valence-corrected chi connectivity index (χ4v) is 6.22. The highest BCUT2D eigenvalue weighted by atomic mass is 32.1. The van der Waals surface area contributed by atoms with Crippen molar-refractivity contribution < 1.29 is 19.1 Å². The van der Waals surface area contributed by atoms with E-state index in [1.165, 1.54) is 35.0 Å². The molecule has 5 aromatic carbocycles. The second-order valence-corrected chi connectivity index (χ2v) is 11.1. The molecule has 4 nitrogen and oxygen atoms in total. The van der Waals surface area contributed by atoms with Gasteiger partial charge < -0.3 is 10.4 Å². The molecule has 6 rings (SSSR count). The number of rotatable bonds is 7. The van der Waals surface area contributed by atoms with E-state index in [-0.39, 0.29) is 23.3 Å². The van der Waals surface area contributed by atoms with Gasteiger partial charge in [0.15, 0.2) is 0 Å². The number of carbonyl (C=O) groups excluding carboxylic acids is 1. The second-order valence-electron chi connectivity index (χ2n) is 10.1. The van der Waals surface area contributed by atoms with Crippen LogP contribution in [-0.2, 0) is 6.42 Å². The van der Waals surface area contributed by atoms with Crippen LogP contribution in [-0.4, -0.2) is 17.0 Å². The van der Waals surface area contributed by atoms with Gasteiger partial charge in [0, 0.05) is 15.6 Å². The Bertz CT molecular complexity index is 1910. The van der Waals surface area contributed by atoms with Gasteiger partial charge in [0.1, 0.15) is 5.82 Å². The molecule has 0 aliphatic heterocycles. The van der Waals surface area contributed by atoms with E-state index in [1.54, 1.807) is 35.6 Å². The molecule has 6 heteroatoms. The third kappa shape index (κ3) is 5.47. The average Bonchev–Trinajstić information content (AvgIpc) is 3.39. The first-order valence-electron chi connectivity index (χ1n) is 13.3. The Morgan fingerprint density at radius 1 is 0.854 bits per heavy atom. The first-order valence-corrected chi connectivity index (χ1v) is 14.2. The molecule has 0 saturated carbocycles. The molecule has 1 heterocycles. The third-order valence-corrected chi connectivity index (χ3v) is 8.37. The number of amides is 1. The zero-order valence-corrected chi connectivity index (χ0v) is 23.0. The quantitative estimate of drug-likeness (QED) is 0.206. The zero-order chi connectivity index (χ0) is 28.5. The van der Waals surface area contributed by atoms with E-state index >= 15 is 0 Å². The molecule has 41 heavy (non-hydrogen) atoms. The van der Waals surface area contributed by atoms with E-state index < -0.39 is 5.97 Å². The topological polar surface area (TPSA) is 66.4 Å². The lowest BCUT2D eigenvalue weighted by Crippen LogP contribution is -2.27. The maximum Gasteiger partial charge on any atom is 0.335 e. The number of carbonyl (C=O) groups is 2. The lowest BCUT2D eigenvalue weighted by molar-refractivity contribution is 0.0696. The summed E-state index contributed by atoms with van der Waals surface area (Å²) in [6.07, 6.45) is 0.674. The van der Waals surface area contributed by atoms with Gasteiger partial charge in [-0.15, -0.1) is 11.3 Å². The van der Waals surface area contributed by atoms with Crippen molar-refractivity contribution in [2.24, 2.45) is 0 Å². The Morgan fingerprint density at radius 2 is 1.59 bits per heavy atom. The summed E-state index contributed by atoms with van der Waals surface area (Å²) < 4.78 is 14.6. The van der Waals surface area contributed by atoms with Crippen molar-refractivity contribution in [2.45, 2.75) is 19.4 Å². The fourth-order valence-electron chi connectivity index (χ4n) is 5.19. The molecule has 1 aromatic heterocycles. The lowest BCUT2D eigenvalue weighted by atomic mass is 9.95. The Kier molecular flexibility index (Phi) is 7.08. The van der Waals surface area contributed by atoms with Crippen molar-refractivity contribution in [1.29, 1.82) is 0 Å². The first-order chi connectivity index (χ1) is 19.9. The standard InChI is InChI=1S/C35H26FNO3S/c1-21(23-8-10-26(11-9-23)35(39)40)37-34(38)31-18-28(25-12-14-30(36)15-13-25)19-32-33(31)29(20-41-32)17-22-6-7-24-4-2-3-5-27(24)16-22/h2-16,18-21H,17H2,1H3,(H,37,38)(H,39,40)/t21-/m0/s1. The number of carboxylic acid groups (broad SMARTS) is 1. The summed E-state index contributed by atoms with van der Waals surface area (Å²) in [6.45, 7) is 1.87. The molecule has 0 fully saturated rings. The highest BCUT2D eigenvalue weighted by Gasteiger charge is 2.20. The highest BCUT2D eigenvalue weighted by Crippen LogP contribution is 2.36. The molecule has 0 aliphatic rings. The molecule has 0 aliphatic carbocycles. The van der Waals surface area contributed by atoms with Crippen molar-refractivity contribution >= 4 is 44.1 Å². The minimum Gasteiger partial charge on any atom is -0.478 e. The van der Waals surface area contributed by atoms with Gasteiger partial charge in [-0.25, -0.2) is 9.18 Å². The predicted octanol–water partition coefficient (Wildman–Crippen LogP) is 8.64. The van der Waals surface area contributed by atoms with Crippen molar-refractivity contribution in [3.63, 3.8) is 0 Å². The van der Waals surface area contributed by atoms with Crippen molar-refractivity contribution in [1.82, 2.24) is 5.32 Å². The molecular weight excluding hydrogens is 533 g/mol. The maximum absolute atomic E-state index is 13.9. The number of thiophene rings is 1. The summed E-state index contributed by atoms with van der Waals surface area (Å²) in [7, 11) is 0. The summed E-state index contributed by atoms with van der Waals surface area (Å²) in [6, 6.07) is 31.0. The van der Waals surface area contributed by atoms with Crippen molar-refractivity contribution in [3.8, 4) is 11.1 Å². The number of fused-ring (bicyclic) bond motifs is 2. The van der Waals surface area contributed by atoms with Gasteiger partial charge in [-0.2, -0.15) is 0 Å². The Morgan fingerprint density at radius 3 is 2.32 bits per heavy atom. The van der Waals surface area contributed by atoms with Gasteiger partial charge in [0.2, 0.25) is 0 Å². The molecule has 1 amide bonds. The molecule has 202 valence electrons. The Hall–Kier alpha value is -4.81. The average molecular weight is 560 g/mol. The van der Waals surface area contributed by atoms with Crippen LogP contribution in [0.4, 0.5) is 4.39 Å². The van der Waals surface area contributed by atoms with Crippen LogP contribution in [0, 0.1) is 5.82 Å². The monoisotopic (exact) mass is 559 g/mol. The molecular formula is C35H26FNO3S. The Balaban J connectivity index is 1.39. The summed E-state index contributed by atoms with van der Waals surface area (Å²) in [5.41, 5.74) is 5.42. The number of aromatic carboxylic acids is 1. The van der Waals surface area contributed by atoms with Gasteiger partial charge in [-0.1, -0.05) is 66.7 Å². The van der Waals surface area contributed by atoms with Crippen LogP contribution in [0.3, 0.4) is 0 Å². The van der Waals surface area contributed by atoms with Crippen LogP contribution in [0.1, 0.15) is 50.4 Å². The molecule has 0 spiro atoms. The summed E-state index contributed by atoms with van der Waals surface area (Å²) >= 11 is 1.59. The largest absolute Gasteiger partial charge is 0.478 e. The summed E-state index contributed by atoms with van der Waals surface area (Å²) in [5, 5.41) is 17.7. The minimum atomic E-state index is -0.996. The van der Waals surface area contributed by atoms with Crippen LogP contribution in [0.15, 0.2) is 109 Å². The second kappa shape index (κ2) is 11.0. The van der Waals surface area contributed by atoms with Crippen LogP contribution >= 0.6 is 11.3 Å². The van der Waals surface area contributed by atoms with E-state index in [4.69, 9.17) is 0 Å². The van der Waals surface area contributed by atoms with Crippen molar-refractivity contribution in [3.05, 3.63) is 142 Å². The van der Waals surface area contributed by atoms with E-state index in [2.05, 4.69) is 47.1 Å². The van der Waals surface area contributed by atoms with Gasteiger partial charge in [-0.05, 0) is 93.7 Å². The van der Waals surface area contributed by atoms with Crippen LogP contribution in [0.2, 0.25) is 0 Å². The molecule has 0 saturated heterocycles. The molecule has 0 bridgehead atoms. The van der Waals surface area contributed by atoms with Crippen LogP contribution < -0.4 is 5.32 Å². The van der Waals surface area contributed by atoms with Gasteiger partial charge >= 0.3 is 5.97 Å². The maximum atomic E-state index is 13.9. The SMILES string of the molecule is C[C@H](NC(=O)c1cc(-c2ccc(F)cc2)cc2scc(Cc3ccc4ccccc4c3)c12)c1ccc(C(=O)O)cc1. The zero-order valence-electron chi connectivity index (χ0n) is 22.2. The van der Waals surface area contributed by atoms with Crippen LogP contribution in [0.5, 0.6) is 0 Å². The number of hydrogen-bond donors (Lipinski definition) is 2. The molecule has 6 aromatic rings. The number of hydrogen-bond acceptors (Lipinski definition) is 3. The predicted molar refractivity (Wildman–Crippen MR) is 163 cm³/mol. The van der Waals surface area contributed by atoms with E-state index in [0.29, 0.717) is 12.0 Å². The number of benzene rings is 5. The van der Waals surface area contributed by atoms with Gasteiger partial charge in [0.05, 0.1) is 11.6 Å². The smallest absolute Gasteiger partial charge is 0.335 e. The van der Waals surface area contributed by atoms with E-state index in [9.17, 15) is 19.1 Å². The first kappa shape index (κ1) is 26.4. The molecule has 0 radical (unpaired) electrons. The van der Waals surface area contributed by atoms with E-state index in [1.807, 2.05) is 25.1 Å². The minimum absolute atomic E-state index is 0.192. The fraction of sp³-hybridized carbons (Fsp3) is 0.0857. The van der Waals surface area contributed by atoms with Gasteiger partial charge in [-0.3, -0.25) is 4.79 Å². The van der Waals surface area contributed by atoms with Crippen molar-refractivity contribution in [2.75, 3.05) is 0 Å². The summed E-state index contributed by atoms with van der Waals surface area (Å²) in [5.74, 6) is -1.54. The lowest BCUT2D eigenvalue weighted by Gasteiger charge is -2.17. The third-order valence-electron chi connectivity index (χ3n) is 7.39. The van der Waals surface area contributed by atoms with E-state index in [0.717, 1.165) is 37.9 Å². The molecule has 1 atom stereocenters. The molecule has 2 N–H and O–H groups in total. The number of carboxylic acids is 1. The van der Waals surface area contributed by atoms with Gasteiger partial charge in [0.25, 0.3) is 5.91 Å². The summed E-state index contributed by atoms with van der Waals surface area (Å²) in [4.78, 5) is 25.1. The van der Waals surface area contributed by atoms with Crippen LogP contribution in [0.25, 0.3) is 32.0 Å². The number of nitrogens with one attached hydrogen (secondary N) is 1. The Labute approximate surface area is 240 Å². The highest BCUT2D eigenvalue weighted by molar-refractivity contribution is 7.17. The normalized spacial score (nSPS) is 12.0.